The van der Waals surface area contributed by atoms with Crippen LogP contribution in [0, 0.1) is 0 Å². The summed E-state index contributed by atoms with van der Waals surface area (Å²) in [6.45, 7) is -0.0865. The molecule has 0 aliphatic rings. The highest BCUT2D eigenvalue weighted by molar-refractivity contribution is 7.86. The van der Waals surface area contributed by atoms with Crippen LogP contribution in [0.25, 0.3) is 0 Å². The molecule has 1 aromatic carbocycles. The van der Waals surface area contributed by atoms with Crippen LogP contribution in [0.15, 0.2) is 28.0 Å². The zero-order chi connectivity index (χ0) is 15.6. The molecule has 0 amide bonds. The van der Waals surface area contributed by atoms with E-state index in [1.807, 2.05) is 0 Å². The molecular weight excluding hydrogens is 334 g/mol. The van der Waals surface area contributed by atoms with Gasteiger partial charge in [-0.15, -0.1) is 0 Å². The molecule has 0 radical (unpaired) electrons. The lowest BCUT2D eigenvalue weighted by atomic mass is 10.1. The van der Waals surface area contributed by atoms with Crippen LogP contribution in [-0.4, -0.2) is 41.2 Å². The van der Waals surface area contributed by atoms with Gasteiger partial charge in [0.2, 0.25) is 11.3 Å². The van der Waals surface area contributed by atoms with E-state index in [4.69, 9.17) is 13.7 Å². The fourth-order valence-electron chi connectivity index (χ4n) is 1.41. The van der Waals surface area contributed by atoms with E-state index in [1.54, 1.807) is 0 Å². The van der Waals surface area contributed by atoms with Gasteiger partial charge in [0.25, 0.3) is 20.2 Å². The highest BCUT2D eigenvalue weighted by atomic mass is 32.2. The molecule has 0 spiro atoms. The summed E-state index contributed by atoms with van der Waals surface area (Å²) in [6.07, 6.45) is -0.0623. The molecule has 0 aromatic heterocycles. The first-order valence-corrected chi connectivity index (χ1v) is 8.93. The largest absolute Gasteiger partial charge is 0.294 e. The Morgan fingerprint density at radius 3 is 2.15 bits per heavy atom. The van der Waals surface area contributed by atoms with E-state index in [0.29, 0.717) is 6.07 Å². The summed E-state index contributed by atoms with van der Waals surface area (Å²) in [6, 6.07) is 2.64. The maximum Gasteiger partial charge on any atom is 0.294 e. The van der Waals surface area contributed by atoms with Crippen LogP contribution in [0.3, 0.4) is 0 Å². The lowest BCUT2D eigenvalue weighted by Gasteiger charge is -2.08. The number of rotatable bonds is 6. The Morgan fingerprint density at radius 2 is 1.70 bits per heavy atom. The molecule has 0 aliphatic heterocycles. The molecule has 1 aromatic rings. The number of hydrogen-bond acceptors (Lipinski definition) is 5. The van der Waals surface area contributed by atoms with Crippen LogP contribution in [0.4, 0.5) is 0 Å². The summed E-state index contributed by atoms with van der Waals surface area (Å²) in [5, 5.41) is 0. The highest BCUT2D eigenvalue weighted by Gasteiger charge is 2.20. The molecule has 1 unspecified atom stereocenters. The Hall–Kier alpha value is -0.890. The summed E-state index contributed by atoms with van der Waals surface area (Å²) in [4.78, 5) is -1.38. The van der Waals surface area contributed by atoms with Crippen molar-refractivity contribution in [2.24, 2.45) is 0 Å². The van der Waals surface area contributed by atoms with E-state index in [-0.39, 0.29) is 18.5 Å². The van der Waals surface area contributed by atoms with Crippen molar-refractivity contribution >= 4 is 31.5 Å². The molecule has 4 N–H and O–H groups in total. The number of benzene rings is 1. The van der Waals surface area contributed by atoms with Crippen molar-refractivity contribution in [3.63, 3.8) is 0 Å². The van der Waals surface area contributed by atoms with Crippen LogP contribution in [0.5, 0.6) is 0 Å². The fraction of sp³-hybridized carbons (Fsp3) is 0.250. The minimum atomic E-state index is -4.71. The Bertz CT molecular complexity index is 724. The summed E-state index contributed by atoms with van der Waals surface area (Å²) >= 11 is -2.28. The third-order valence-corrected chi connectivity index (χ3v) is 4.47. The SMILES string of the molecule is O=S(O)NCCc1ccc(S(=O)(=O)O)cc1S(=O)(=O)O. The van der Waals surface area contributed by atoms with E-state index in [2.05, 4.69) is 4.72 Å². The standard InChI is InChI=1S/C8H11NO8S3/c10-18(11)9-4-3-6-1-2-7(19(12,13)14)5-8(6)20(15,16)17/h1-2,5,9H,3-4H2,(H,10,11)(H,12,13,14)(H,15,16,17). The predicted octanol–water partition coefficient (Wildman–Crippen LogP) is -0.551. The molecule has 12 heteroatoms. The van der Waals surface area contributed by atoms with Crippen molar-refractivity contribution in [3.05, 3.63) is 23.8 Å². The zero-order valence-corrected chi connectivity index (χ0v) is 12.2. The molecule has 0 saturated carbocycles. The predicted molar refractivity (Wildman–Crippen MR) is 68.5 cm³/mol. The molecule has 0 aliphatic carbocycles. The Kier molecular flexibility index (Phi) is 5.37. The lowest BCUT2D eigenvalue weighted by molar-refractivity contribution is 0.480. The second-order valence-corrected chi connectivity index (χ2v) is 7.21. The van der Waals surface area contributed by atoms with Crippen LogP contribution in [-0.2, 0) is 37.9 Å². The molecule has 9 nitrogen and oxygen atoms in total. The van der Waals surface area contributed by atoms with Crippen molar-refractivity contribution in [1.82, 2.24) is 4.72 Å². The van der Waals surface area contributed by atoms with Gasteiger partial charge in [0, 0.05) is 6.54 Å². The Balaban J connectivity index is 3.22. The van der Waals surface area contributed by atoms with E-state index in [9.17, 15) is 21.0 Å². The van der Waals surface area contributed by atoms with Gasteiger partial charge in [-0.05, 0) is 24.1 Å². The molecular formula is C8H11NO8S3. The van der Waals surface area contributed by atoms with Gasteiger partial charge < -0.3 is 0 Å². The molecule has 1 rings (SSSR count). The quantitative estimate of drug-likeness (QED) is 0.395. The second kappa shape index (κ2) is 6.26. The summed E-state index contributed by atoms with van der Waals surface area (Å²) < 4.78 is 83.0. The molecule has 0 saturated heterocycles. The molecule has 0 fully saturated rings. The minimum Gasteiger partial charge on any atom is -0.294 e. The third kappa shape index (κ3) is 4.90. The van der Waals surface area contributed by atoms with Crippen molar-refractivity contribution in [3.8, 4) is 0 Å². The van der Waals surface area contributed by atoms with Gasteiger partial charge in [-0.2, -0.15) is 16.8 Å². The average molecular weight is 345 g/mol. The fourth-order valence-corrected chi connectivity index (χ4v) is 3.05. The van der Waals surface area contributed by atoms with Gasteiger partial charge in [0.1, 0.15) is 0 Å². The van der Waals surface area contributed by atoms with Crippen molar-refractivity contribution in [2.75, 3.05) is 6.54 Å². The van der Waals surface area contributed by atoms with Crippen molar-refractivity contribution in [1.29, 1.82) is 0 Å². The Labute approximate surface area is 117 Å². The minimum absolute atomic E-state index is 0.0258. The normalized spacial score (nSPS) is 14.2. The molecule has 0 bridgehead atoms. The Morgan fingerprint density at radius 1 is 1.10 bits per heavy atom. The third-order valence-electron chi connectivity index (χ3n) is 2.23. The van der Waals surface area contributed by atoms with Crippen LogP contribution >= 0.6 is 0 Å². The maximum absolute atomic E-state index is 11.2. The van der Waals surface area contributed by atoms with Crippen LogP contribution in [0.2, 0.25) is 0 Å². The topological polar surface area (TPSA) is 158 Å². The molecule has 0 heterocycles. The summed E-state index contributed by atoms with van der Waals surface area (Å²) in [7, 11) is -9.32. The van der Waals surface area contributed by atoms with Gasteiger partial charge in [0.15, 0.2) is 0 Å². The molecule has 1 atom stereocenters. The maximum atomic E-state index is 11.2. The van der Waals surface area contributed by atoms with Crippen LogP contribution in [0.1, 0.15) is 5.56 Å². The van der Waals surface area contributed by atoms with E-state index < -0.39 is 41.3 Å². The first-order valence-electron chi connectivity index (χ1n) is 4.94. The zero-order valence-electron chi connectivity index (χ0n) is 9.75. The average Bonchev–Trinajstić information content (AvgIpc) is 2.25. The smallest absolute Gasteiger partial charge is 0.294 e. The number of hydrogen-bond donors (Lipinski definition) is 4. The monoisotopic (exact) mass is 345 g/mol. The van der Waals surface area contributed by atoms with Crippen molar-refractivity contribution < 1.29 is 34.7 Å². The van der Waals surface area contributed by atoms with Gasteiger partial charge in [-0.1, -0.05) is 6.07 Å². The second-order valence-electron chi connectivity index (χ2n) is 3.61. The first kappa shape index (κ1) is 17.2. The van der Waals surface area contributed by atoms with E-state index in [0.717, 1.165) is 12.1 Å². The highest BCUT2D eigenvalue weighted by Crippen LogP contribution is 2.21. The summed E-state index contributed by atoms with van der Waals surface area (Å²) in [5.74, 6) is 0. The lowest BCUT2D eigenvalue weighted by Crippen LogP contribution is -2.20. The first-order chi connectivity index (χ1) is 9.01. The van der Waals surface area contributed by atoms with E-state index in [1.165, 1.54) is 0 Å². The molecule has 20 heavy (non-hydrogen) atoms. The van der Waals surface area contributed by atoms with Crippen molar-refractivity contribution in [2.45, 2.75) is 16.2 Å². The van der Waals surface area contributed by atoms with E-state index >= 15 is 0 Å². The molecule has 114 valence electrons. The van der Waals surface area contributed by atoms with Gasteiger partial charge >= 0.3 is 0 Å². The van der Waals surface area contributed by atoms with Crippen LogP contribution < -0.4 is 4.72 Å². The van der Waals surface area contributed by atoms with Gasteiger partial charge in [-0.3, -0.25) is 13.7 Å². The number of nitrogens with one attached hydrogen (secondary N) is 1. The van der Waals surface area contributed by atoms with Gasteiger partial charge in [0.05, 0.1) is 9.79 Å². The summed E-state index contributed by atoms with van der Waals surface area (Å²) in [5.41, 5.74) is 0.0258. The van der Waals surface area contributed by atoms with Gasteiger partial charge in [-0.25, -0.2) is 8.93 Å².